The minimum atomic E-state index is 0.509. The van der Waals surface area contributed by atoms with Gasteiger partial charge in [0.15, 0.2) is 0 Å². The van der Waals surface area contributed by atoms with E-state index in [0.29, 0.717) is 12.6 Å². The first-order chi connectivity index (χ1) is 6.61. The van der Waals surface area contributed by atoms with Crippen LogP contribution in [-0.4, -0.2) is 41.9 Å². The van der Waals surface area contributed by atoms with Gasteiger partial charge >= 0.3 is 0 Å². The van der Waals surface area contributed by atoms with Crippen LogP contribution in [0.1, 0.15) is 18.3 Å². The van der Waals surface area contributed by atoms with Crippen LogP contribution in [0.3, 0.4) is 0 Å². The summed E-state index contributed by atoms with van der Waals surface area (Å²) in [4.78, 5) is 2.17. The smallest absolute Gasteiger partial charge is 0.121 e. The highest BCUT2D eigenvalue weighted by atomic mass is 16.6. The fraction of sp³-hybridized carbons (Fsp3) is 0.778. The third-order valence-electron chi connectivity index (χ3n) is 2.36. The third kappa shape index (κ3) is 3.08. The van der Waals surface area contributed by atoms with Crippen molar-refractivity contribution in [2.45, 2.75) is 26.4 Å². The molecule has 0 saturated carbocycles. The van der Waals surface area contributed by atoms with Crippen molar-refractivity contribution < 1.29 is 4.63 Å². The van der Waals surface area contributed by atoms with Crippen molar-refractivity contribution in [3.63, 3.8) is 0 Å². The molecule has 0 aliphatic heterocycles. The highest BCUT2D eigenvalue weighted by Crippen LogP contribution is 1.99. The normalized spacial score (nSPS) is 13.5. The quantitative estimate of drug-likeness (QED) is 0.743. The first-order valence-electron chi connectivity index (χ1n) is 4.76. The van der Waals surface area contributed by atoms with E-state index in [-0.39, 0.29) is 0 Å². The van der Waals surface area contributed by atoms with Crippen molar-refractivity contribution in [2.24, 2.45) is 0 Å². The second kappa shape index (κ2) is 5.07. The third-order valence-corrected chi connectivity index (χ3v) is 2.36. The van der Waals surface area contributed by atoms with Gasteiger partial charge in [0.2, 0.25) is 0 Å². The molecular weight excluding hydrogens is 180 g/mol. The molecular formula is C9H18N4O. The van der Waals surface area contributed by atoms with Crippen LogP contribution in [0, 0.1) is 6.92 Å². The summed E-state index contributed by atoms with van der Waals surface area (Å²) in [6.45, 7) is 5.70. The standard InChI is InChI=1S/C9H18N4O/c1-7(13(3)4)5-10-6-9-8(2)11-14-12-9/h7,10H,5-6H2,1-4H3. The summed E-state index contributed by atoms with van der Waals surface area (Å²) in [5, 5.41) is 10.8. The van der Waals surface area contributed by atoms with E-state index in [2.05, 4.69) is 46.2 Å². The first-order valence-corrected chi connectivity index (χ1v) is 4.76. The average Bonchev–Trinajstić information content (AvgIpc) is 2.51. The molecule has 5 heteroatoms. The van der Waals surface area contributed by atoms with Crippen molar-refractivity contribution in [2.75, 3.05) is 20.6 Å². The van der Waals surface area contributed by atoms with Crippen LogP contribution in [-0.2, 0) is 6.54 Å². The van der Waals surface area contributed by atoms with E-state index in [4.69, 9.17) is 0 Å². The second-order valence-electron chi connectivity index (χ2n) is 3.74. The number of aryl methyl sites for hydroxylation is 1. The molecule has 1 N–H and O–H groups in total. The predicted molar refractivity (Wildman–Crippen MR) is 53.9 cm³/mol. The van der Waals surface area contributed by atoms with E-state index in [1.54, 1.807) is 0 Å². The Hall–Kier alpha value is -0.940. The average molecular weight is 198 g/mol. The van der Waals surface area contributed by atoms with Crippen LogP contribution in [0.25, 0.3) is 0 Å². The van der Waals surface area contributed by atoms with Gasteiger partial charge in [-0.15, -0.1) is 0 Å². The Morgan fingerprint density at radius 1 is 1.43 bits per heavy atom. The molecule has 14 heavy (non-hydrogen) atoms. The highest BCUT2D eigenvalue weighted by molar-refractivity contribution is 5.03. The molecule has 0 bridgehead atoms. The summed E-state index contributed by atoms with van der Waals surface area (Å²) >= 11 is 0. The lowest BCUT2D eigenvalue weighted by Crippen LogP contribution is -2.35. The summed E-state index contributed by atoms with van der Waals surface area (Å²) in [6, 6.07) is 0.509. The molecule has 0 fully saturated rings. The Bertz CT molecular complexity index is 272. The molecule has 1 unspecified atom stereocenters. The number of hydrogen-bond donors (Lipinski definition) is 1. The van der Waals surface area contributed by atoms with Crippen LogP contribution in [0.15, 0.2) is 4.63 Å². The minimum absolute atomic E-state index is 0.509. The van der Waals surface area contributed by atoms with E-state index in [0.717, 1.165) is 17.9 Å². The molecule has 0 aliphatic rings. The Morgan fingerprint density at radius 2 is 2.14 bits per heavy atom. The summed E-state index contributed by atoms with van der Waals surface area (Å²) < 4.78 is 4.60. The molecule has 0 radical (unpaired) electrons. The van der Waals surface area contributed by atoms with E-state index in [9.17, 15) is 0 Å². The molecule has 5 nitrogen and oxygen atoms in total. The van der Waals surface area contributed by atoms with Gasteiger partial charge in [0.05, 0.1) is 0 Å². The molecule has 1 aromatic rings. The topological polar surface area (TPSA) is 54.2 Å². The van der Waals surface area contributed by atoms with E-state index in [1.165, 1.54) is 0 Å². The molecule has 80 valence electrons. The lowest BCUT2D eigenvalue weighted by atomic mass is 10.3. The minimum Gasteiger partial charge on any atom is -0.309 e. The van der Waals surface area contributed by atoms with Crippen molar-refractivity contribution in [1.82, 2.24) is 20.5 Å². The maximum Gasteiger partial charge on any atom is 0.121 e. The van der Waals surface area contributed by atoms with Crippen LogP contribution >= 0.6 is 0 Å². The number of hydrogen-bond acceptors (Lipinski definition) is 5. The molecule has 0 saturated heterocycles. The van der Waals surface area contributed by atoms with Crippen LogP contribution in [0.5, 0.6) is 0 Å². The Kier molecular flexibility index (Phi) is 4.03. The predicted octanol–water partition coefficient (Wildman–Crippen LogP) is 0.418. The van der Waals surface area contributed by atoms with Gasteiger partial charge in [-0.2, -0.15) is 0 Å². The summed E-state index contributed by atoms with van der Waals surface area (Å²) in [5.41, 5.74) is 1.74. The lowest BCUT2D eigenvalue weighted by molar-refractivity contribution is 0.293. The highest BCUT2D eigenvalue weighted by Gasteiger charge is 2.06. The van der Waals surface area contributed by atoms with Crippen LogP contribution in [0.2, 0.25) is 0 Å². The van der Waals surface area contributed by atoms with Gasteiger partial charge in [0.1, 0.15) is 11.4 Å². The zero-order chi connectivity index (χ0) is 10.6. The van der Waals surface area contributed by atoms with Crippen molar-refractivity contribution >= 4 is 0 Å². The zero-order valence-corrected chi connectivity index (χ0v) is 9.24. The Morgan fingerprint density at radius 3 is 2.64 bits per heavy atom. The number of rotatable bonds is 5. The first kappa shape index (κ1) is 11.1. The van der Waals surface area contributed by atoms with Crippen molar-refractivity contribution in [1.29, 1.82) is 0 Å². The van der Waals surface area contributed by atoms with Crippen molar-refractivity contribution in [3.8, 4) is 0 Å². The van der Waals surface area contributed by atoms with Gasteiger partial charge in [0, 0.05) is 19.1 Å². The number of nitrogens with one attached hydrogen (secondary N) is 1. The summed E-state index contributed by atoms with van der Waals surface area (Å²) in [6.07, 6.45) is 0. The lowest BCUT2D eigenvalue weighted by Gasteiger charge is -2.19. The number of likely N-dealkylation sites (N-methyl/N-ethyl adjacent to an activating group) is 1. The molecule has 1 heterocycles. The van der Waals surface area contributed by atoms with Gasteiger partial charge in [-0.25, -0.2) is 4.63 Å². The van der Waals surface area contributed by atoms with Gasteiger partial charge in [0.25, 0.3) is 0 Å². The van der Waals surface area contributed by atoms with Gasteiger partial charge in [-0.05, 0) is 27.9 Å². The van der Waals surface area contributed by atoms with Crippen molar-refractivity contribution in [3.05, 3.63) is 11.4 Å². The number of nitrogens with zero attached hydrogens (tertiary/aromatic N) is 3. The SMILES string of the molecule is Cc1nonc1CNCC(C)N(C)C. The van der Waals surface area contributed by atoms with E-state index < -0.39 is 0 Å². The van der Waals surface area contributed by atoms with E-state index in [1.807, 2.05) is 6.92 Å². The largest absolute Gasteiger partial charge is 0.309 e. The molecule has 0 amide bonds. The molecule has 1 rings (SSSR count). The molecule has 1 atom stereocenters. The zero-order valence-electron chi connectivity index (χ0n) is 9.24. The Balaban J connectivity index is 2.25. The molecule has 0 aromatic carbocycles. The van der Waals surface area contributed by atoms with Crippen LogP contribution < -0.4 is 5.32 Å². The van der Waals surface area contributed by atoms with Gasteiger partial charge in [-0.3, -0.25) is 0 Å². The summed E-state index contributed by atoms with van der Waals surface area (Å²) in [5.74, 6) is 0. The molecule has 1 aromatic heterocycles. The number of aromatic nitrogens is 2. The molecule has 0 aliphatic carbocycles. The molecule has 0 spiro atoms. The Labute approximate surface area is 84.4 Å². The maximum absolute atomic E-state index is 4.60. The summed E-state index contributed by atoms with van der Waals surface area (Å²) in [7, 11) is 4.13. The van der Waals surface area contributed by atoms with Gasteiger partial charge < -0.3 is 10.2 Å². The van der Waals surface area contributed by atoms with Gasteiger partial charge in [-0.1, -0.05) is 10.3 Å². The monoisotopic (exact) mass is 198 g/mol. The second-order valence-corrected chi connectivity index (χ2v) is 3.74. The fourth-order valence-electron chi connectivity index (χ4n) is 0.992. The maximum atomic E-state index is 4.60. The van der Waals surface area contributed by atoms with Crippen LogP contribution in [0.4, 0.5) is 0 Å². The van der Waals surface area contributed by atoms with E-state index >= 15 is 0 Å². The fourth-order valence-corrected chi connectivity index (χ4v) is 0.992.